The topological polar surface area (TPSA) is 78.7 Å². The predicted octanol–water partition coefficient (Wildman–Crippen LogP) is 2.90. The van der Waals surface area contributed by atoms with Crippen LogP contribution in [0.15, 0.2) is 35.7 Å². The second-order valence-corrected chi connectivity index (χ2v) is 7.44. The van der Waals surface area contributed by atoms with Crippen LogP contribution in [0.5, 0.6) is 0 Å². The molecule has 7 nitrogen and oxygen atoms in total. The van der Waals surface area contributed by atoms with Crippen molar-refractivity contribution < 1.29 is 9.72 Å². The molecule has 0 saturated carbocycles. The molecule has 1 N–H and O–H groups in total. The summed E-state index contributed by atoms with van der Waals surface area (Å²) in [7, 11) is 2.04. The molecule has 0 aliphatic carbocycles. The average molecular weight is 374 g/mol. The lowest BCUT2D eigenvalue weighted by Crippen LogP contribution is -2.44. The molecule has 26 heavy (non-hydrogen) atoms. The van der Waals surface area contributed by atoms with E-state index in [-0.39, 0.29) is 17.6 Å². The number of anilines is 1. The molecule has 1 aromatic heterocycles. The molecule has 0 radical (unpaired) electrons. The molecule has 3 rings (SSSR count). The van der Waals surface area contributed by atoms with Crippen LogP contribution in [-0.4, -0.2) is 49.0 Å². The number of hydrogen-bond donors (Lipinski definition) is 1. The number of piperazine rings is 1. The van der Waals surface area contributed by atoms with E-state index in [1.54, 1.807) is 23.5 Å². The Morgan fingerprint density at radius 2 is 2.00 bits per heavy atom. The average Bonchev–Trinajstić information content (AvgIpc) is 3.16. The predicted molar refractivity (Wildman–Crippen MR) is 103 cm³/mol. The third-order valence-corrected chi connectivity index (χ3v) is 5.65. The summed E-state index contributed by atoms with van der Waals surface area (Å²) in [6.45, 7) is 5.09. The summed E-state index contributed by atoms with van der Waals surface area (Å²) in [4.78, 5) is 28.9. The summed E-state index contributed by atoms with van der Waals surface area (Å²) in [6, 6.07) is 8.47. The molecule has 1 atom stereocenters. The van der Waals surface area contributed by atoms with Gasteiger partial charge in [0.15, 0.2) is 0 Å². The third-order valence-electron chi connectivity index (χ3n) is 4.60. The molecule has 1 unspecified atom stereocenters. The highest BCUT2D eigenvalue weighted by Crippen LogP contribution is 2.30. The van der Waals surface area contributed by atoms with Crippen molar-refractivity contribution in [2.45, 2.75) is 13.0 Å². The van der Waals surface area contributed by atoms with Crippen molar-refractivity contribution in [1.29, 1.82) is 0 Å². The van der Waals surface area contributed by atoms with Gasteiger partial charge in [0.2, 0.25) is 0 Å². The Morgan fingerprint density at radius 1 is 1.27 bits per heavy atom. The summed E-state index contributed by atoms with van der Waals surface area (Å²) < 4.78 is 0. The highest BCUT2D eigenvalue weighted by atomic mass is 32.1. The number of nitro groups is 1. The number of hydrogen-bond acceptors (Lipinski definition) is 6. The number of amides is 1. The molecular weight excluding hydrogens is 352 g/mol. The van der Waals surface area contributed by atoms with Crippen molar-refractivity contribution in [3.8, 4) is 0 Å². The highest BCUT2D eigenvalue weighted by Gasteiger charge is 2.24. The van der Waals surface area contributed by atoms with Gasteiger partial charge in [0.1, 0.15) is 5.69 Å². The van der Waals surface area contributed by atoms with E-state index in [0.717, 1.165) is 31.1 Å². The zero-order valence-electron chi connectivity index (χ0n) is 14.8. The Morgan fingerprint density at radius 3 is 2.62 bits per heavy atom. The lowest BCUT2D eigenvalue weighted by Gasteiger charge is -2.33. The molecule has 0 bridgehead atoms. The van der Waals surface area contributed by atoms with E-state index in [9.17, 15) is 14.9 Å². The van der Waals surface area contributed by atoms with Crippen molar-refractivity contribution >= 4 is 28.6 Å². The second kappa shape index (κ2) is 7.84. The summed E-state index contributed by atoms with van der Waals surface area (Å²) >= 11 is 1.56. The number of rotatable bonds is 5. The number of nitrogens with zero attached hydrogens (tertiary/aromatic N) is 3. The zero-order valence-corrected chi connectivity index (χ0v) is 15.7. The van der Waals surface area contributed by atoms with Crippen LogP contribution in [0.1, 0.15) is 28.2 Å². The van der Waals surface area contributed by atoms with Crippen LogP contribution < -0.4 is 10.2 Å². The highest BCUT2D eigenvalue weighted by molar-refractivity contribution is 7.10. The van der Waals surface area contributed by atoms with E-state index in [1.165, 1.54) is 6.07 Å². The van der Waals surface area contributed by atoms with Crippen LogP contribution in [0.3, 0.4) is 0 Å². The first kappa shape index (κ1) is 18.3. The van der Waals surface area contributed by atoms with Crippen molar-refractivity contribution in [3.63, 3.8) is 0 Å². The molecule has 138 valence electrons. The van der Waals surface area contributed by atoms with Gasteiger partial charge in [0.05, 0.1) is 11.0 Å². The molecular formula is C18H22N4O3S. The molecule has 1 saturated heterocycles. The van der Waals surface area contributed by atoms with Crippen LogP contribution in [0, 0.1) is 10.1 Å². The van der Waals surface area contributed by atoms with E-state index >= 15 is 0 Å². The molecule has 1 amide bonds. The molecule has 1 aliphatic heterocycles. The number of nitrogens with one attached hydrogen (secondary N) is 1. The maximum absolute atomic E-state index is 12.5. The van der Waals surface area contributed by atoms with E-state index in [4.69, 9.17) is 0 Å². The summed E-state index contributed by atoms with van der Waals surface area (Å²) in [5.74, 6) is -0.307. The normalized spacial score (nSPS) is 16.3. The first-order valence-electron chi connectivity index (χ1n) is 8.52. The Bertz CT molecular complexity index is 786. The van der Waals surface area contributed by atoms with Gasteiger partial charge >= 0.3 is 0 Å². The number of carbonyl (C=O) groups is 1. The molecule has 8 heteroatoms. The number of thiophene rings is 1. The van der Waals surface area contributed by atoms with Crippen LogP contribution in [-0.2, 0) is 0 Å². The first-order chi connectivity index (χ1) is 12.5. The molecule has 1 aliphatic rings. The Kier molecular flexibility index (Phi) is 5.53. The van der Waals surface area contributed by atoms with Crippen molar-refractivity contribution in [3.05, 3.63) is 56.3 Å². The quantitative estimate of drug-likeness (QED) is 0.643. The first-order valence-corrected chi connectivity index (χ1v) is 9.40. The van der Waals surface area contributed by atoms with Gasteiger partial charge in [0.25, 0.3) is 11.6 Å². The number of likely N-dealkylation sites (N-methyl/N-ethyl adjacent to an activating group) is 1. The minimum Gasteiger partial charge on any atom is -0.363 e. The lowest BCUT2D eigenvalue weighted by atomic mass is 10.1. The van der Waals surface area contributed by atoms with Crippen LogP contribution in [0.25, 0.3) is 0 Å². The fourth-order valence-electron chi connectivity index (χ4n) is 3.01. The minimum absolute atomic E-state index is 0.0222. The van der Waals surface area contributed by atoms with Crippen molar-refractivity contribution in [1.82, 2.24) is 10.2 Å². The number of benzene rings is 1. The number of carbonyl (C=O) groups excluding carboxylic acids is 1. The smallest absolute Gasteiger partial charge is 0.293 e. The van der Waals surface area contributed by atoms with Crippen LogP contribution in [0.2, 0.25) is 0 Å². The van der Waals surface area contributed by atoms with E-state index < -0.39 is 4.92 Å². The van der Waals surface area contributed by atoms with Crippen LogP contribution >= 0.6 is 11.3 Å². The second-order valence-electron chi connectivity index (χ2n) is 6.46. The van der Waals surface area contributed by atoms with Gasteiger partial charge in [-0.25, -0.2) is 0 Å². The Balaban J connectivity index is 1.79. The fraction of sp³-hybridized carbons (Fsp3) is 0.389. The number of nitro benzene ring substituents is 1. The molecule has 2 aromatic rings. The SMILES string of the molecule is CC(NC(=O)c1ccc(N2CCN(C)CC2)c([N+](=O)[O-])c1)c1cccs1. The lowest BCUT2D eigenvalue weighted by molar-refractivity contribution is -0.384. The van der Waals surface area contributed by atoms with Gasteiger partial charge in [0, 0.05) is 42.7 Å². The maximum Gasteiger partial charge on any atom is 0.293 e. The molecule has 1 aromatic carbocycles. The molecule has 1 fully saturated rings. The summed E-state index contributed by atoms with van der Waals surface area (Å²) in [5.41, 5.74) is 0.856. The van der Waals surface area contributed by atoms with Gasteiger partial charge in [-0.3, -0.25) is 14.9 Å². The Hall–Kier alpha value is -2.45. The molecule has 2 heterocycles. The van der Waals surface area contributed by atoms with Crippen molar-refractivity contribution in [2.75, 3.05) is 38.1 Å². The monoisotopic (exact) mass is 374 g/mol. The molecule has 0 spiro atoms. The van der Waals surface area contributed by atoms with Gasteiger partial charge in [-0.1, -0.05) is 6.07 Å². The van der Waals surface area contributed by atoms with E-state index in [1.807, 2.05) is 36.4 Å². The van der Waals surface area contributed by atoms with Gasteiger partial charge in [-0.15, -0.1) is 11.3 Å². The van der Waals surface area contributed by atoms with Gasteiger partial charge in [-0.2, -0.15) is 0 Å². The van der Waals surface area contributed by atoms with Crippen molar-refractivity contribution in [2.24, 2.45) is 0 Å². The van der Waals surface area contributed by atoms with E-state index in [0.29, 0.717) is 11.3 Å². The van der Waals surface area contributed by atoms with Crippen LogP contribution in [0.4, 0.5) is 11.4 Å². The van der Waals surface area contributed by atoms with E-state index in [2.05, 4.69) is 10.2 Å². The zero-order chi connectivity index (χ0) is 18.7. The largest absolute Gasteiger partial charge is 0.363 e. The summed E-state index contributed by atoms with van der Waals surface area (Å²) in [5, 5.41) is 16.4. The fourth-order valence-corrected chi connectivity index (χ4v) is 3.75. The van der Waals surface area contributed by atoms with Gasteiger partial charge < -0.3 is 15.1 Å². The summed E-state index contributed by atoms with van der Waals surface area (Å²) in [6.07, 6.45) is 0. The maximum atomic E-state index is 12.5. The third kappa shape index (κ3) is 4.03. The standard InChI is InChI=1S/C18H22N4O3S/c1-13(17-4-3-11-26-17)19-18(23)14-5-6-15(16(12-14)22(24)25)21-9-7-20(2)8-10-21/h3-6,11-13H,7-10H2,1-2H3,(H,19,23). The minimum atomic E-state index is -0.410. The van der Waals surface area contributed by atoms with Gasteiger partial charge in [-0.05, 0) is 37.6 Å². The Labute approximate surface area is 156 Å².